The van der Waals surface area contributed by atoms with Crippen LogP contribution in [0.2, 0.25) is 0 Å². The van der Waals surface area contributed by atoms with Gasteiger partial charge in [0.1, 0.15) is 0 Å². The van der Waals surface area contributed by atoms with E-state index >= 15 is 0 Å². The fourth-order valence-corrected chi connectivity index (χ4v) is 3.21. The molecule has 1 rings (SSSR count). The van der Waals surface area contributed by atoms with E-state index < -0.39 is 0 Å². The Balaban J connectivity index is 3.03. The van der Waals surface area contributed by atoms with Crippen molar-refractivity contribution in [3.8, 4) is 0 Å². The number of benzene rings is 1. The largest absolute Gasteiger partial charge is 0.314 e. The monoisotopic (exact) mass is 247 g/mol. The molecule has 1 nitrogen and oxygen atoms in total. The molecule has 0 amide bonds. The number of aryl methyl sites for hydroxylation is 3. The third-order valence-corrected chi connectivity index (χ3v) is 3.86. The molecular formula is C17H29N. The van der Waals surface area contributed by atoms with Crippen molar-refractivity contribution in [1.82, 2.24) is 5.32 Å². The molecule has 0 saturated heterocycles. The first kappa shape index (κ1) is 15.2. The molecule has 2 atom stereocenters. The van der Waals surface area contributed by atoms with E-state index in [1.165, 1.54) is 29.5 Å². The third-order valence-electron chi connectivity index (χ3n) is 3.86. The summed E-state index contributed by atoms with van der Waals surface area (Å²) in [5.41, 5.74) is 5.80. The SMILES string of the molecule is CCCC(NCC)C(C)c1c(C)cc(C)cc1C. The van der Waals surface area contributed by atoms with E-state index in [0.29, 0.717) is 12.0 Å². The lowest BCUT2D eigenvalue weighted by molar-refractivity contribution is 0.428. The predicted octanol–water partition coefficient (Wildman–Crippen LogP) is 4.49. The lowest BCUT2D eigenvalue weighted by Gasteiger charge is -2.28. The minimum absolute atomic E-state index is 0.588. The first-order valence-corrected chi connectivity index (χ1v) is 7.32. The molecule has 1 aromatic carbocycles. The van der Waals surface area contributed by atoms with E-state index in [1.807, 2.05) is 0 Å². The first-order chi connectivity index (χ1) is 8.51. The molecule has 0 aromatic heterocycles. The zero-order chi connectivity index (χ0) is 13.7. The number of likely N-dealkylation sites (N-methyl/N-ethyl adjacent to an activating group) is 1. The Labute approximate surface area is 113 Å². The Morgan fingerprint density at radius 1 is 1.06 bits per heavy atom. The van der Waals surface area contributed by atoms with Gasteiger partial charge in [0.05, 0.1) is 0 Å². The van der Waals surface area contributed by atoms with Crippen molar-refractivity contribution in [2.45, 2.75) is 66.3 Å². The maximum atomic E-state index is 3.65. The molecule has 0 spiro atoms. The van der Waals surface area contributed by atoms with Crippen LogP contribution in [0.3, 0.4) is 0 Å². The Hall–Kier alpha value is -0.820. The first-order valence-electron chi connectivity index (χ1n) is 7.32. The Bertz CT molecular complexity index is 352. The second kappa shape index (κ2) is 6.94. The highest BCUT2D eigenvalue weighted by Gasteiger charge is 2.20. The summed E-state index contributed by atoms with van der Waals surface area (Å²) in [6.07, 6.45) is 2.49. The molecule has 0 fully saturated rings. The van der Waals surface area contributed by atoms with Crippen molar-refractivity contribution >= 4 is 0 Å². The van der Waals surface area contributed by atoms with E-state index in [9.17, 15) is 0 Å². The van der Waals surface area contributed by atoms with Crippen molar-refractivity contribution in [2.24, 2.45) is 0 Å². The molecule has 0 bridgehead atoms. The molecule has 18 heavy (non-hydrogen) atoms. The lowest BCUT2D eigenvalue weighted by Crippen LogP contribution is -2.34. The van der Waals surface area contributed by atoms with Crippen molar-refractivity contribution in [2.75, 3.05) is 6.54 Å². The van der Waals surface area contributed by atoms with E-state index in [0.717, 1.165) is 6.54 Å². The lowest BCUT2D eigenvalue weighted by atomic mass is 9.84. The zero-order valence-corrected chi connectivity index (χ0v) is 12.9. The van der Waals surface area contributed by atoms with Crippen LogP contribution in [-0.4, -0.2) is 12.6 Å². The van der Waals surface area contributed by atoms with Gasteiger partial charge in [-0.1, -0.05) is 44.9 Å². The Kier molecular flexibility index (Phi) is 5.87. The summed E-state index contributed by atoms with van der Waals surface area (Å²) in [6.45, 7) is 14.6. The van der Waals surface area contributed by atoms with Crippen LogP contribution in [0.25, 0.3) is 0 Å². The molecule has 1 N–H and O–H groups in total. The quantitative estimate of drug-likeness (QED) is 0.781. The topological polar surface area (TPSA) is 12.0 Å². The van der Waals surface area contributed by atoms with Gasteiger partial charge in [0, 0.05) is 6.04 Å². The number of nitrogens with one attached hydrogen (secondary N) is 1. The second-order valence-corrected chi connectivity index (χ2v) is 5.55. The summed E-state index contributed by atoms with van der Waals surface area (Å²) in [5.74, 6) is 0.588. The van der Waals surface area contributed by atoms with E-state index in [1.54, 1.807) is 5.56 Å². The standard InChI is InChI=1S/C17H29N/c1-7-9-16(18-8-2)15(6)17-13(4)10-12(3)11-14(17)5/h10-11,15-16,18H,7-9H2,1-6H3. The van der Waals surface area contributed by atoms with Gasteiger partial charge < -0.3 is 5.32 Å². The van der Waals surface area contributed by atoms with Gasteiger partial charge in [-0.3, -0.25) is 0 Å². The molecule has 0 aliphatic heterocycles. The smallest absolute Gasteiger partial charge is 0.0133 e. The summed E-state index contributed by atoms with van der Waals surface area (Å²) in [5, 5.41) is 3.65. The van der Waals surface area contributed by atoms with Gasteiger partial charge in [-0.25, -0.2) is 0 Å². The molecule has 0 heterocycles. The number of hydrogen-bond donors (Lipinski definition) is 1. The minimum atomic E-state index is 0.588. The predicted molar refractivity (Wildman–Crippen MR) is 81.4 cm³/mol. The van der Waals surface area contributed by atoms with Crippen LogP contribution >= 0.6 is 0 Å². The highest BCUT2D eigenvalue weighted by molar-refractivity contribution is 5.40. The van der Waals surface area contributed by atoms with Crippen molar-refractivity contribution in [3.05, 3.63) is 34.4 Å². The van der Waals surface area contributed by atoms with Crippen molar-refractivity contribution < 1.29 is 0 Å². The molecule has 0 aliphatic rings. The van der Waals surface area contributed by atoms with Crippen LogP contribution in [0.15, 0.2) is 12.1 Å². The molecule has 102 valence electrons. The summed E-state index contributed by atoms with van der Waals surface area (Å²) < 4.78 is 0. The fraction of sp³-hybridized carbons (Fsp3) is 0.647. The molecule has 1 heteroatoms. The summed E-state index contributed by atoms with van der Waals surface area (Å²) in [4.78, 5) is 0. The van der Waals surface area contributed by atoms with Crippen LogP contribution in [0.1, 0.15) is 61.8 Å². The van der Waals surface area contributed by atoms with Crippen LogP contribution < -0.4 is 5.32 Å². The van der Waals surface area contributed by atoms with Gasteiger partial charge in [0.25, 0.3) is 0 Å². The minimum Gasteiger partial charge on any atom is -0.314 e. The molecule has 0 saturated carbocycles. The molecular weight excluding hydrogens is 218 g/mol. The molecule has 2 unspecified atom stereocenters. The van der Waals surface area contributed by atoms with Crippen molar-refractivity contribution in [1.29, 1.82) is 0 Å². The maximum absolute atomic E-state index is 3.65. The summed E-state index contributed by atoms with van der Waals surface area (Å²) in [7, 11) is 0. The second-order valence-electron chi connectivity index (χ2n) is 5.55. The van der Waals surface area contributed by atoms with Gasteiger partial charge in [-0.2, -0.15) is 0 Å². The normalized spacial score (nSPS) is 14.6. The zero-order valence-electron chi connectivity index (χ0n) is 12.9. The van der Waals surface area contributed by atoms with Gasteiger partial charge >= 0.3 is 0 Å². The average molecular weight is 247 g/mol. The maximum Gasteiger partial charge on any atom is 0.0133 e. The summed E-state index contributed by atoms with van der Waals surface area (Å²) >= 11 is 0. The van der Waals surface area contributed by atoms with Crippen molar-refractivity contribution in [3.63, 3.8) is 0 Å². The van der Waals surface area contributed by atoms with Gasteiger partial charge in [0.15, 0.2) is 0 Å². The van der Waals surface area contributed by atoms with E-state index in [-0.39, 0.29) is 0 Å². The van der Waals surface area contributed by atoms with Crippen LogP contribution in [0, 0.1) is 20.8 Å². The molecule has 0 aliphatic carbocycles. The average Bonchev–Trinajstić information content (AvgIpc) is 2.27. The third kappa shape index (κ3) is 3.58. The van der Waals surface area contributed by atoms with Crippen LogP contribution in [0.5, 0.6) is 0 Å². The number of hydrogen-bond acceptors (Lipinski definition) is 1. The molecule has 0 radical (unpaired) electrons. The fourth-order valence-electron chi connectivity index (χ4n) is 3.21. The highest BCUT2D eigenvalue weighted by Crippen LogP contribution is 2.29. The van der Waals surface area contributed by atoms with Gasteiger partial charge in [0.2, 0.25) is 0 Å². The van der Waals surface area contributed by atoms with Gasteiger partial charge in [-0.15, -0.1) is 0 Å². The van der Waals surface area contributed by atoms with Crippen LogP contribution in [0.4, 0.5) is 0 Å². The highest BCUT2D eigenvalue weighted by atomic mass is 14.9. The number of rotatable bonds is 6. The van der Waals surface area contributed by atoms with E-state index in [2.05, 4.69) is 59.0 Å². The Morgan fingerprint density at radius 3 is 2.06 bits per heavy atom. The van der Waals surface area contributed by atoms with Gasteiger partial charge in [-0.05, 0) is 56.3 Å². The Morgan fingerprint density at radius 2 is 1.61 bits per heavy atom. The summed E-state index contributed by atoms with van der Waals surface area (Å²) in [6, 6.07) is 5.22. The molecule has 1 aromatic rings. The van der Waals surface area contributed by atoms with Crippen LogP contribution in [-0.2, 0) is 0 Å². The van der Waals surface area contributed by atoms with E-state index in [4.69, 9.17) is 0 Å².